The summed E-state index contributed by atoms with van der Waals surface area (Å²) in [4.78, 5) is 17.8. The van der Waals surface area contributed by atoms with Crippen molar-refractivity contribution < 1.29 is 14.3 Å². The summed E-state index contributed by atoms with van der Waals surface area (Å²) in [5, 5.41) is 0. The molecule has 1 saturated heterocycles. The van der Waals surface area contributed by atoms with Gasteiger partial charge in [0.1, 0.15) is 5.60 Å². The second-order valence-corrected chi connectivity index (χ2v) is 7.09. The summed E-state index contributed by atoms with van der Waals surface area (Å²) >= 11 is 0. The van der Waals surface area contributed by atoms with Crippen molar-refractivity contribution in [2.24, 2.45) is 5.92 Å². The zero-order chi connectivity index (χ0) is 16.7. The summed E-state index contributed by atoms with van der Waals surface area (Å²) in [6.07, 6.45) is 6.29. The molecule has 0 radical (unpaired) electrons. The molecule has 1 aliphatic heterocycles. The molecule has 1 amide bonds. The lowest BCUT2D eigenvalue weighted by molar-refractivity contribution is 0.0119. The van der Waals surface area contributed by atoms with Crippen LogP contribution in [0.5, 0.6) is 0 Å². The number of hydrogen-bond acceptors (Lipinski definition) is 4. The zero-order valence-electron chi connectivity index (χ0n) is 14.5. The number of likely N-dealkylation sites (tertiary alicyclic amines) is 1. The van der Waals surface area contributed by atoms with E-state index in [4.69, 9.17) is 9.47 Å². The number of rotatable bonds is 5. The minimum absolute atomic E-state index is 0.199. The van der Waals surface area contributed by atoms with Crippen LogP contribution in [0.25, 0.3) is 0 Å². The fourth-order valence-corrected chi connectivity index (χ4v) is 2.60. The summed E-state index contributed by atoms with van der Waals surface area (Å²) in [6, 6.07) is 4.03. The smallest absolute Gasteiger partial charge is 0.410 e. The zero-order valence-corrected chi connectivity index (χ0v) is 14.5. The maximum Gasteiger partial charge on any atom is 0.410 e. The van der Waals surface area contributed by atoms with Gasteiger partial charge in [0, 0.05) is 32.1 Å². The van der Waals surface area contributed by atoms with E-state index in [-0.39, 0.29) is 6.09 Å². The van der Waals surface area contributed by atoms with E-state index >= 15 is 0 Å². The molecule has 1 aromatic heterocycles. The molecule has 23 heavy (non-hydrogen) atoms. The number of nitrogens with zero attached hydrogens (tertiary/aromatic N) is 2. The lowest BCUT2D eigenvalue weighted by Crippen LogP contribution is -2.42. The van der Waals surface area contributed by atoms with Gasteiger partial charge in [-0.1, -0.05) is 0 Å². The Hall–Kier alpha value is -1.62. The third kappa shape index (κ3) is 6.57. The van der Waals surface area contributed by atoms with Crippen molar-refractivity contribution in [3.63, 3.8) is 0 Å². The lowest BCUT2D eigenvalue weighted by atomic mass is 9.98. The van der Waals surface area contributed by atoms with E-state index in [9.17, 15) is 4.79 Å². The fourth-order valence-electron chi connectivity index (χ4n) is 2.60. The summed E-state index contributed by atoms with van der Waals surface area (Å²) in [5.41, 5.74) is 0.823. The number of pyridine rings is 1. The minimum Gasteiger partial charge on any atom is -0.444 e. The number of piperidine rings is 1. The van der Waals surface area contributed by atoms with Gasteiger partial charge in [0.25, 0.3) is 0 Å². The van der Waals surface area contributed by atoms with Crippen molar-refractivity contribution in [1.29, 1.82) is 0 Å². The third-order valence-electron chi connectivity index (χ3n) is 3.90. The number of carbonyl (C=O) groups excluding carboxylic acids is 1. The summed E-state index contributed by atoms with van der Waals surface area (Å²) in [5.74, 6) is 0.533. The van der Waals surface area contributed by atoms with Gasteiger partial charge in [0.15, 0.2) is 0 Å². The Bertz CT molecular complexity index is 477. The molecule has 0 bridgehead atoms. The topological polar surface area (TPSA) is 51.7 Å². The monoisotopic (exact) mass is 320 g/mol. The molecule has 1 aliphatic rings. The molecule has 0 unspecified atom stereocenters. The summed E-state index contributed by atoms with van der Waals surface area (Å²) in [6.45, 7) is 8.71. The molecule has 1 fully saturated rings. The van der Waals surface area contributed by atoms with Gasteiger partial charge >= 0.3 is 6.09 Å². The number of aromatic nitrogens is 1. The average molecular weight is 320 g/mol. The highest BCUT2D eigenvalue weighted by Crippen LogP contribution is 2.20. The second kappa shape index (κ2) is 8.29. The molecule has 0 aromatic carbocycles. The maximum absolute atomic E-state index is 12.0. The van der Waals surface area contributed by atoms with E-state index < -0.39 is 5.60 Å². The first kappa shape index (κ1) is 17.7. The lowest BCUT2D eigenvalue weighted by Gasteiger charge is -2.33. The van der Waals surface area contributed by atoms with Crippen molar-refractivity contribution in [2.45, 2.75) is 45.6 Å². The van der Waals surface area contributed by atoms with Crippen molar-refractivity contribution in [3.05, 3.63) is 30.1 Å². The Kier molecular flexibility index (Phi) is 6.39. The largest absolute Gasteiger partial charge is 0.444 e. The maximum atomic E-state index is 12.0. The van der Waals surface area contributed by atoms with Gasteiger partial charge < -0.3 is 14.4 Å². The van der Waals surface area contributed by atoms with E-state index in [1.54, 1.807) is 4.90 Å². The van der Waals surface area contributed by atoms with Crippen LogP contribution in [0.4, 0.5) is 4.79 Å². The molecule has 0 aliphatic carbocycles. The Morgan fingerprint density at radius 1 is 1.26 bits per heavy atom. The standard InChI is InChI=1S/C18H28N2O3/c1-18(2,3)23-17(21)20-11-6-16(7-12-20)14-22-13-8-15-4-9-19-10-5-15/h4-5,9-10,16H,6-8,11-14H2,1-3H3. The fraction of sp³-hybridized carbons (Fsp3) is 0.667. The molecule has 128 valence electrons. The molecule has 0 N–H and O–H groups in total. The highest BCUT2D eigenvalue weighted by Gasteiger charge is 2.26. The predicted octanol–water partition coefficient (Wildman–Crippen LogP) is 3.29. The van der Waals surface area contributed by atoms with E-state index in [0.29, 0.717) is 5.92 Å². The quantitative estimate of drug-likeness (QED) is 0.781. The summed E-state index contributed by atoms with van der Waals surface area (Å²) < 4.78 is 11.2. The van der Waals surface area contributed by atoms with Gasteiger partial charge in [-0.2, -0.15) is 0 Å². The van der Waals surface area contributed by atoms with Gasteiger partial charge in [0.2, 0.25) is 0 Å². The van der Waals surface area contributed by atoms with Gasteiger partial charge in [-0.15, -0.1) is 0 Å². The van der Waals surface area contributed by atoms with Crippen LogP contribution in [0.1, 0.15) is 39.2 Å². The molecule has 1 aromatic rings. The van der Waals surface area contributed by atoms with E-state index in [2.05, 4.69) is 4.98 Å². The Morgan fingerprint density at radius 2 is 1.91 bits per heavy atom. The van der Waals surface area contributed by atoms with Crippen molar-refractivity contribution in [1.82, 2.24) is 9.88 Å². The molecule has 0 spiro atoms. The molecule has 5 nitrogen and oxygen atoms in total. The van der Waals surface area contributed by atoms with Gasteiger partial charge in [0.05, 0.1) is 6.61 Å². The van der Waals surface area contributed by atoms with E-state index in [1.165, 1.54) is 5.56 Å². The molecule has 2 rings (SSSR count). The SMILES string of the molecule is CC(C)(C)OC(=O)N1CCC(COCCc2ccncc2)CC1. The predicted molar refractivity (Wildman–Crippen MR) is 89.3 cm³/mol. The minimum atomic E-state index is -0.427. The molecule has 0 atom stereocenters. The molecular formula is C18H28N2O3. The normalized spacial score (nSPS) is 16.4. The first-order valence-corrected chi connectivity index (χ1v) is 8.38. The number of carbonyl (C=O) groups is 1. The van der Waals surface area contributed by atoms with Crippen LogP contribution in [-0.2, 0) is 15.9 Å². The Balaban J connectivity index is 1.60. The van der Waals surface area contributed by atoms with Crippen LogP contribution < -0.4 is 0 Å². The third-order valence-corrected chi connectivity index (χ3v) is 3.90. The first-order chi connectivity index (χ1) is 10.9. The number of hydrogen-bond donors (Lipinski definition) is 0. The number of ether oxygens (including phenoxy) is 2. The molecule has 5 heteroatoms. The average Bonchev–Trinajstić information content (AvgIpc) is 2.51. The van der Waals surface area contributed by atoms with Crippen molar-refractivity contribution in [3.8, 4) is 0 Å². The van der Waals surface area contributed by atoms with Crippen molar-refractivity contribution >= 4 is 6.09 Å². The van der Waals surface area contributed by atoms with Gasteiger partial charge in [-0.3, -0.25) is 4.98 Å². The molecular weight excluding hydrogens is 292 g/mol. The van der Waals surface area contributed by atoms with Crippen LogP contribution in [-0.4, -0.2) is 47.9 Å². The Labute approximate surface area is 139 Å². The van der Waals surface area contributed by atoms with Crippen LogP contribution in [0, 0.1) is 5.92 Å². The van der Waals surface area contributed by atoms with E-state index in [0.717, 1.165) is 45.6 Å². The highest BCUT2D eigenvalue weighted by atomic mass is 16.6. The van der Waals surface area contributed by atoms with Crippen LogP contribution in [0.3, 0.4) is 0 Å². The Morgan fingerprint density at radius 3 is 2.52 bits per heavy atom. The van der Waals surface area contributed by atoms with E-state index in [1.807, 2.05) is 45.3 Å². The summed E-state index contributed by atoms with van der Waals surface area (Å²) in [7, 11) is 0. The van der Waals surface area contributed by atoms with Crippen molar-refractivity contribution in [2.75, 3.05) is 26.3 Å². The molecule has 0 saturated carbocycles. The second-order valence-electron chi connectivity index (χ2n) is 7.09. The van der Waals surface area contributed by atoms with Crippen LogP contribution in [0.15, 0.2) is 24.5 Å². The van der Waals surface area contributed by atoms with Crippen LogP contribution in [0.2, 0.25) is 0 Å². The number of amides is 1. The van der Waals surface area contributed by atoms with Crippen LogP contribution >= 0.6 is 0 Å². The first-order valence-electron chi connectivity index (χ1n) is 8.38. The van der Waals surface area contributed by atoms with Gasteiger partial charge in [-0.25, -0.2) is 4.79 Å². The molecule has 2 heterocycles. The van der Waals surface area contributed by atoms with Gasteiger partial charge in [-0.05, 0) is 63.6 Å². The highest BCUT2D eigenvalue weighted by molar-refractivity contribution is 5.68.